The third-order valence-electron chi connectivity index (χ3n) is 5.80. The monoisotopic (exact) mass is 469 g/mol. The van der Waals surface area contributed by atoms with Gasteiger partial charge in [-0.05, 0) is 86.3 Å². The lowest BCUT2D eigenvalue weighted by atomic mass is 9.94. The number of amidine groups is 1. The Morgan fingerprint density at radius 3 is 2.20 bits per heavy atom. The molecule has 3 rings (SSSR count). The molecule has 0 saturated heterocycles. The van der Waals surface area contributed by atoms with Gasteiger partial charge in [-0.3, -0.25) is 9.59 Å². The van der Waals surface area contributed by atoms with Crippen molar-refractivity contribution in [2.24, 2.45) is 10.7 Å². The van der Waals surface area contributed by atoms with Gasteiger partial charge in [-0.15, -0.1) is 0 Å². The zero-order chi connectivity index (χ0) is 25.7. The summed E-state index contributed by atoms with van der Waals surface area (Å²) in [6.45, 7) is 7.51. The summed E-state index contributed by atoms with van der Waals surface area (Å²) in [6, 6.07) is 18.5. The fourth-order valence-electron chi connectivity index (χ4n) is 3.81. The van der Waals surface area contributed by atoms with Gasteiger partial charge in [0, 0.05) is 40.8 Å². The number of anilines is 2. The number of allylic oxidation sites excluding steroid dienone is 1. The summed E-state index contributed by atoms with van der Waals surface area (Å²) in [6.07, 6.45) is 0. The molecule has 6 N–H and O–H groups in total. The average Bonchev–Trinajstić information content (AvgIpc) is 2.82. The standard InChI is InChI=1S/C28H31N5O2/c1-16-8-6-9-17(2)25(16)21-12-22(14-23(29)13-21)26(30)32-19(4)18(3)27(34)33-24-11-7-10-20(15-24)28(35)31-5/h6-15H,29H2,1-5H3,(H2,30,32)(H,31,35)(H,33,34)/b19-18+. The summed E-state index contributed by atoms with van der Waals surface area (Å²) >= 11 is 0. The fourth-order valence-corrected chi connectivity index (χ4v) is 3.81. The number of hydrogen-bond acceptors (Lipinski definition) is 4. The van der Waals surface area contributed by atoms with Gasteiger partial charge in [0.1, 0.15) is 5.84 Å². The largest absolute Gasteiger partial charge is 0.399 e. The van der Waals surface area contributed by atoms with Crippen molar-refractivity contribution in [1.29, 1.82) is 0 Å². The van der Waals surface area contributed by atoms with E-state index in [9.17, 15) is 9.59 Å². The van der Waals surface area contributed by atoms with E-state index in [-0.39, 0.29) is 17.6 Å². The van der Waals surface area contributed by atoms with Crippen LogP contribution in [0.5, 0.6) is 0 Å². The zero-order valence-electron chi connectivity index (χ0n) is 20.7. The molecular formula is C28H31N5O2. The smallest absolute Gasteiger partial charge is 0.253 e. The number of benzene rings is 3. The highest BCUT2D eigenvalue weighted by Gasteiger charge is 2.13. The Morgan fingerprint density at radius 1 is 0.886 bits per heavy atom. The second kappa shape index (κ2) is 10.7. The van der Waals surface area contributed by atoms with Crippen LogP contribution in [0.1, 0.15) is 40.9 Å². The summed E-state index contributed by atoms with van der Waals surface area (Å²) in [7, 11) is 1.55. The molecule has 0 spiro atoms. The van der Waals surface area contributed by atoms with Crippen molar-refractivity contribution in [3.63, 3.8) is 0 Å². The number of carbonyl (C=O) groups is 2. The molecule has 0 aliphatic carbocycles. The van der Waals surface area contributed by atoms with Gasteiger partial charge in [0.25, 0.3) is 11.8 Å². The van der Waals surface area contributed by atoms with E-state index >= 15 is 0 Å². The lowest BCUT2D eigenvalue weighted by Gasteiger charge is -2.13. The molecule has 0 aliphatic heterocycles. The van der Waals surface area contributed by atoms with E-state index < -0.39 is 0 Å². The second-order valence-corrected chi connectivity index (χ2v) is 8.43. The summed E-state index contributed by atoms with van der Waals surface area (Å²) in [5.74, 6) is -0.308. The van der Waals surface area contributed by atoms with E-state index in [0.717, 1.165) is 22.3 Å². The second-order valence-electron chi connectivity index (χ2n) is 8.43. The number of hydrogen-bond donors (Lipinski definition) is 4. The molecule has 180 valence electrons. The van der Waals surface area contributed by atoms with Crippen LogP contribution in [0.15, 0.2) is 76.9 Å². The van der Waals surface area contributed by atoms with Crippen LogP contribution in [0.3, 0.4) is 0 Å². The van der Waals surface area contributed by atoms with Gasteiger partial charge < -0.3 is 22.1 Å². The Labute approximate surface area is 206 Å². The Kier molecular flexibility index (Phi) is 7.71. The topological polar surface area (TPSA) is 123 Å². The molecule has 0 aromatic heterocycles. The van der Waals surface area contributed by atoms with Gasteiger partial charge in [0.2, 0.25) is 0 Å². The summed E-state index contributed by atoms with van der Waals surface area (Å²) in [5, 5.41) is 5.36. The molecule has 7 nitrogen and oxygen atoms in total. The summed E-state index contributed by atoms with van der Waals surface area (Å²) < 4.78 is 0. The van der Waals surface area contributed by atoms with Crippen LogP contribution >= 0.6 is 0 Å². The molecular weight excluding hydrogens is 438 g/mol. The van der Waals surface area contributed by atoms with E-state index in [4.69, 9.17) is 11.5 Å². The molecule has 0 fully saturated rings. The first-order valence-electron chi connectivity index (χ1n) is 11.2. The predicted molar refractivity (Wildman–Crippen MR) is 143 cm³/mol. The molecule has 2 amide bonds. The van der Waals surface area contributed by atoms with Crippen LogP contribution < -0.4 is 22.1 Å². The van der Waals surface area contributed by atoms with Gasteiger partial charge in [-0.2, -0.15) is 0 Å². The molecule has 0 saturated carbocycles. The molecule has 0 aliphatic rings. The normalized spacial score (nSPS) is 12.1. The predicted octanol–water partition coefficient (Wildman–Crippen LogP) is 4.55. The van der Waals surface area contributed by atoms with E-state index in [1.54, 1.807) is 51.2 Å². The number of nitrogens with two attached hydrogens (primary N) is 2. The Balaban J connectivity index is 1.89. The van der Waals surface area contributed by atoms with Crippen molar-refractivity contribution >= 4 is 29.0 Å². The molecule has 0 atom stereocenters. The SMILES string of the molecule is CNC(=O)c1cccc(NC(=O)/C(C)=C(\C)N=C(N)c2cc(N)cc(-c3c(C)cccc3C)c2)c1. The maximum absolute atomic E-state index is 12.8. The number of nitrogens with one attached hydrogen (secondary N) is 2. The number of nitrogens with zero attached hydrogens (tertiary/aromatic N) is 1. The minimum atomic E-state index is -0.336. The number of aliphatic imine (C=N–C) groups is 1. The molecule has 3 aromatic carbocycles. The first-order valence-corrected chi connectivity index (χ1v) is 11.2. The van der Waals surface area contributed by atoms with E-state index in [0.29, 0.717) is 33.8 Å². The van der Waals surface area contributed by atoms with E-state index in [1.165, 1.54) is 0 Å². The highest BCUT2D eigenvalue weighted by molar-refractivity contribution is 6.06. The Morgan fingerprint density at radius 2 is 1.54 bits per heavy atom. The Bertz CT molecular complexity index is 1330. The Hall–Kier alpha value is -4.39. The van der Waals surface area contributed by atoms with Crippen molar-refractivity contribution in [2.75, 3.05) is 18.1 Å². The molecule has 35 heavy (non-hydrogen) atoms. The summed E-state index contributed by atoms with van der Waals surface area (Å²) in [5.41, 5.74) is 19.9. The quantitative estimate of drug-likeness (QED) is 0.183. The number of carbonyl (C=O) groups excluding carboxylic acids is 2. The molecule has 0 radical (unpaired) electrons. The van der Waals surface area contributed by atoms with E-state index in [1.807, 2.05) is 18.2 Å². The molecule has 0 unspecified atom stereocenters. The minimum absolute atomic E-state index is 0.232. The van der Waals surface area contributed by atoms with Crippen LogP contribution in [0.4, 0.5) is 11.4 Å². The first kappa shape index (κ1) is 25.2. The number of nitrogen functional groups attached to an aromatic ring is 1. The van der Waals surface area contributed by atoms with Gasteiger partial charge in [0.05, 0.1) is 0 Å². The molecule has 3 aromatic rings. The van der Waals surface area contributed by atoms with Crippen molar-refractivity contribution in [3.8, 4) is 11.1 Å². The zero-order valence-corrected chi connectivity index (χ0v) is 20.7. The van der Waals surface area contributed by atoms with Crippen molar-refractivity contribution < 1.29 is 9.59 Å². The highest BCUT2D eigenvalue weighted by atomic mass is 16.2. The van der Waals surface area contributed by atoms with Crippen LogP contribution in [0.25, 0.3) is 11.1 Å². The summed E-state index contributed by atoms with van der Waals surface area (Å²) in [4.78, 5) is 29.1. The average molecular weight is 470 g/mol. The van der Waals surface area contributed by atoms with Gasteiger partial charge in [-0.25, -0.2) is 4.99 Å². The first-order chi connectivity index (χ1) is 16.6. The van der Waals surface area contributed by atoms with Crippen molar-refractivity contribution in [3.05, 3.63) is 94.2 Å². The number of rotatable bonds is 6. The van der Waals surface area contributed by atoms with Gasteiger partial charge in [0.15, 0.2) is 0 Å². The lowest BCUT2D eigenvalue weighted by Crippen LogP contribution is -2.19. The van der Waals surface area contributed by atoms with Gasteiger partial charge >= 0.3 is 0 Å². The third-order valence-corrected chi connectivity index (χ3v) is 5.80. The molecule has 0 bridgehead atoms. The number of amides is 2. The maximum Gasteiger partial charge on any atom is 0.253 e. The highest BCUT2D eigenvalue weighted by Crippen LogP contribution is 2.29. The van der Waals surface area contributed by atoms with Gasteiger partial charge in [-0.1, -0.05) is 24.3 Å². The van der Waals surface area contributed by atoms with Crippen molar-refractivity contribution in [1.82, 2.24) is 5.32 Å². The van der Waals surface area contributed by atoms with Crippen LogP contribution in [-0.2, 0) is 4.79 Å². The third kappa shape index (κ3) is 5.95. The molecule has 7 heteroatoms. The number of aryl methyl sites for hydroxylation is 2. The molecule has 0 heterocycles. The maximum atomic E-state index is 12.8. The fraction of sp³-hybridized carbons (Fsp3) is 0.179. The van der Waals surface area contributed by atoms with E-state index in [2.05, 4.69) is 41.6 Å². The van der Waals surface area contributed by atoms with Crippen LogP contribution in [0.2, 0.25) is 0 Å². The lowest BCUT2D eigenvalue weighted by molar-refractivity contribution is -0.112. The van der Waals surface area contributed by atoms with Crippen LogP contribution in [0, 0.1) is 13.8 Å². The van der Waals surface area contributed by atoms with Crippen LogP contribution in [-0.4, -0.2) is 24.7 Å². The minimum Gasteiger partial charge on any atom is -0.399 e. The van der Waals surface area contributed by atoms with Crippen molar-refractivity contribution in [2.45, 2.75) is 27.7 Å².